The van der Waals surface area contributed by atoms with Gasteiger partial charge in [-0.25, -0.2) is 9.97 Å². The first-order chi connectivity index (χ1) is 18.4. The monoisotopic (exact) mass is 519 g/mol. The summed E-state index contributed by atoms with van der Waals surface area (Å²) in [6, 6.07) is 6.53. The van der Waals surface area contributed by atoms with Crippen molar-refractivity contribution in [2.75, 3.05) is 0 Å². The third-order valence-electron chi connectivity index (χ3n) is 8.15. The van der Waals surface area contributed by atoms with E-state index in [9.17, 15) is 19.8 Å². The number of amides is 2. The van der Waals surface area contributed by atoms with Crippen molar-refractivity contribution in [3.8, 4) is 0 Å². The maximum Gasteiger partial charge on any atom is 0.270 e. The van der Waals surface area contributed by atoms with Gasteiger partial charge in [0.1, 0.15) is 11.8 Å². The van der Waals surface area contributed by atoms with Crippen molar-refractivity contribution < 1.29 is 19.8 Å². The number of nitrogens with two attached hydrogens (primary N) is 1. The molecule has 2 aromatic heterocycles. The highest BCUT2D eigenvalue weighted by molar-refractivity contribution is 6.10. The number of para-hydroxylation sites is 1. The zero-order valence-corrected chi connectivity index (χ0v) is 21.6. The number of aliphatic hydroxyl groups excluding tert-OH is 2. The Kier molecular flexibility index (Phi) is 8.04. The standard InChI is InChI=1S/C29H37N5O4/c30-28(37)24-20-8-4-5-9-22(20)33-25(21(24)13-12-19-15-31-16-32-19)29(38)34-23(14-17-6-2-1-3-7-17)27(36)26(35)18-10-11-18/h4-5,8-9,15-18,23,26-27,35-36H,1-3,6-7,10-14H2,(H2,30,37)(H,31,32)(H,34,38)/t23-,26-,27+/m0/s1. The van der Waals surface area contributed by atoms with Crippen LogP contribution in [0.3, 0.4) is 0 Å². The highest BCUT2D eigenvalue weighted by Gasteiger charge is 2.39. The molecule has 2 amide bonds. The summed E-state index contributed by atoms with van der Waals surface area (Å²) in [6.45, 7) is 0. The van der Waals surface area contributed by atoms with Crippen LogP contribution in [0.25, 0.3) is 10.9 Å². The second-order valence-electron chi connectivity index (χ2n) is 10.9. The molecule has 202 valence electrons. The van der Waals surface area contributed by atoms with E-state index >= 15 is 0 Å². The predicted molar refractivity (Wildman–Crippen MR) is 143 cm³/mol. The van der Waals surface area contributed by atoms with Gasteiger partial charge in [0, 0.05) is 17.3 Å². The summed E-state index contributed by atoms with van der Waals surface area (Å²) >= 11 is 0. The number of benzene rings is 1. The van der Waals surface area contributed by atoms with E-state index in [2.05, 4.69) is 20.3 Å². The summed E-state index contributed by atoms with van der Waals surface area (Å²) in [5, 5.41) is 25.5. The minimum absolute atomic E-state index is 0.0704. The summed E-state index contributed by atoms with van der Waals surface area (Å²) in [7, 11) is 0. The zero-order valence-electron chi connectivity index (χ0n) is 21.6. The van der Waals surface area contributed by atoms with Crippen LogP contribution >= 0.6 is 0 Å². The molecule has 1 aromatic carbocycles. The number of nitrogens with one attached hydrogen (secondary N) is 2. The molecule has 2 aliphatic carbocycles. The van der Waals surface area contributed by atoms with Gasteiger partial charge in [-0.1, -0.05) is 50.3 Å². The van der Waals surface area contributed by atoms with Crippen molar-refractivity contribution in [3.63, 3.8) is 0 Å². The molecule has 0 unspecified atom stereocenters. The van der Waals surface area contributed by atoms with Crippen molar-refractivity contribution in [1.29, 1.82) is 0 Å². The molecule has 2 aliphatic rings. The highest BCUT2D eigenvalue weighted by atomic mass is 16.3. The molecule has 0 bridgehead atoms. The van der Waals surface area contributed by atoms with Crippen LogP contribution in [0.1, 0.15) is 83.5 Å². The lowest BCUT2D eigenvalue weighted by Crippen LogP contribution is -2.50. The van der Waals surface area contributed by atoms with Gasteiger partial charge in [0.2, 0.25) is 5.91 Å². The largest absolute Gasteiger partial charge is 0.390 e. The third-order valence-corrected chi connectivity index (χ3v) is 8.15. The first-order valence-electron chi connectivity index (χ1n) is 13.8. The number of hydrogen-bond acceptors (Lipinski definition) is 6. The fourth-order valence-corrected chi connectivity index (χ4v) is 5.90. The number of carbonyl (C=O) groups excluding carboxylic acids is 2. The Bertz CT molecular complexity index is 1270. The second-order valence-corrected chi connectivity index (χ2v) is 10.9. The second kappa shape index (κ2) is 11.6. The van der Waals surface area contributed by atoms with Crippen LogP contribution < -0.4 is 11.1 Å². The zero-order chi connectivity index (χ0) is 26.6. The first-order valence-corrected chi connectivity index (χ1v) is 13.8. The Morgan fingerprint density at radius 2 is 1.84 bits per heavy atom. The molecule has 2 fully saturated rings. The van der Waals surface area contributed by atoms with E-state index in [1.165, 1.54) is 6.42 Å². The fraction of sp³-hybridized carbons (Fsp3) is 0.517. The topological polar surface area (TPSA) is 154 Å². The molecular formula is C29H37N5O4. The molecular weight excluding hydrogens is 482 g/mol. The molecule has 2 heterocycles. The van der Waals surface area contributed by atoms with E-state index in [1.54, 1.807) is 30.7 Å². The van der Waals surface area contributed by atoms with Gasteiger partial charge >= 0.3 is 0 Å². The van der Waals surface area contributed by atoms with Crippen LogP contribution in [-0.4, -0.2) is 55.2 Å². The van der Waals surface area contributed by atoms with E-state index < -0.39 is 30.1 Å². The summed E-state index contributed by atoms with van der Waals surface area (Å²) < 4.78 is 0. The van der Waals surface area contributed by atoms with Crippen molar-refractivity contribution >= 4 is 22.7 Å². The molecule has 9 heteroatoms. The summed E-state index contributed by atoms with van der Waals surface area (Å²) in [6.07, 6.45) is 10.1. The van der Waals surface area contributed by atoms with E-state index in [-0.39, 0.29) is 17.2 Å². The Balaban J connectivity index is 1.49. The number of rotatable bonds is 11. The van der Waals surface area contributed by atoms with Crippen molar-refractivity contribution in [3.05, 3.63) is 59.3 Å². The summed E-state index contributed by atoms with van der Waals surface area (Å²) in [5.74, 6) is -0.650. The molecule has 3 aromatic rings. The molecule has 5 rings (SSSR count). The van der Waals surface area contributed by atoms with Gasteiger partial charge in [-0.2, -0.15) is 0 Å². The number of nitrogens with zero attached hydrogens (tertiary/aromatic N) is 2. The van der Waals surface area contributed by atoms with E-state index in [1.807, 2.05) is 6.07 Å². The summed E-state index contributed by atoms with van der Waals surface area (Å²) in [5.41, 5.74) is 8.09. The van der Waals surface area contributed by atoms with Crippen molar-refractivity contribution in [2.45, 2.75) is 82.5 Å². The molecule has 3 atom stereocenters. The molecule has 9 nitrogen and oxygen atoms in total. The predicted octanol–water partition coefficient (Wildman–Crippen LogP) is 3.04. The Morgan fingerprint density at radius 3 is 2.53 bits per heavy atom. The van der Waals surface area contributed by atoms with Gasteiger partial charge in [-0.15, -0.1) is 0 Å². The van der Waals surface area contributed by atoms with Crippen molar-refractivity contribution in [2.24, 2.45) is 17.6 Å². The smallest absolute Gasteiger partial charge is 0.270 e. The van der Waals surface area contributed by atoms with Gasteiger partial charge < -0.3 is 26.2 Å². The minimum atomic E-state index is -1.07. The van der Waals surface area contributed by atoms with Gasteiger partial charge in [-0.3, -0.25) is 9.59 Å². The van der Waals surface area contributed by atoms with Crippen LogP contribution in [0.15, 0.2) is 36.8 Å². The van der Waals surface area contributed by atoms with E-state index in [4.69, 9.17) is 5.73 Å². The number of fused-ring (bicyclic) bond motifs is 1. The Hall–Kier alpha value is -3.30. The molecule has 0 spiro atoms. The normalized spacial score (nSPS) is 18.7. The first kappa shape index (κ1) is 26.3. The number of aromatic nitrogens is 3. The SMILES string of the molecule is NC(=O)c1c(CCc2cnc[nH]2)c(C(=O)N[C@@H](CC2CCCCC2)[C@@H](O)[C@@H](O)C2CC2)nc2ccccc12. The number of imidazole rings is 1. The van der Waals surface area contributed by atoms with Crippen LogP contribution in [0, 0.1) is 11.8 Å². The molecule has 38 heavy (non-hydrogen) atoms. The number of pyridine rings is 1. The molecule has 0 saturated heterocycles. The average Bonchev–Trinajstić information content (AvgIpc) is 3.65. The maximum absolute atomic E-state index is 13.9. The number of aryl methyl sites for hydroxylation is 1. The lowest BCUT2D eigenvalue weighted by atomic mass is 9.82. The number of hydrogen-bond donors (Lipinski definition) is 5. The van der Waals surface area contributed by atoms with Gasteiger partial charge in [0.15, 0.2) is 0 Å². The number of primary amides is 1. The van der Waals surface area contributed by atoms with Crippen molar-refractivity contribution in [1.82, 2.24) is 20.3 Å². The van der Waals surface area contributed by atoms with Gasteiger partial charge in [0.05, 0.1) is 29.6 Å². The number of carbonyl (C=O) groups is 2. The van der Waals surface area contributed by atoms with Gasteiger partial charge in [-0.05, 0) is 55.6 Å². The molecule has 0 radical (unpaired) electrons. The maximum atomic E-state index is 13.9. The molecule has 2 saturated carbocycles. The third kappa shape index (κ3) is 5.89. The number of aromatic amines is 1. The molecule has 0 aliphatic heterocycles. The number of aliphatic hydroxyl groups is 2. The van der Waals surface area contributed by atoms with Crippen LogP contribution in [0.4, 0.5) is 0 Å². The summed E-state index contributed by atoms with van der Waals surface area (Å²) in [4.78, 5) is 38.4. The number of H-pyrrole nitrogens is 1. The highest BCUT2D eigenvalue weighted by Crippen LogP contribution is 2.36. The van der Waals surface area contributed by atoms with Crippen LogP contribution in [0.2, 0.25) is 0 Å². The van der Waals surface area contributed by atoms with Gasteiger partial charge in [0.25, 0.3) is 5.91 Å². The van der Waals surface area contributed by atoms with Crippen LogP contribution in [-0.2, 0) is 12.8 Å². The van der Waals surface area contributed by atoms with E-state index in [0.29, 0.717) is 41.6 Å². The lowest BCUT2D eigenvalue weighted by molar-refractivity contribution is -0.0202. The Morgan fingerprint density at radius 1 is 1.08 bits per heavy atom. The molecule has 6 N–H and O–H groups in total. The Labute approximate surface area is 222 Å². The van der Waals surface area contributed by atoms with Crippen LogP contribution in [0.5, 0.6) is 0 Å². The minimum Gasteiger partial charge on any atom is -0.390 e. The van der Waals surface area contributed by atoms with E-state index in [0.717, 1.165) is 44.2 Å². The lowest BCUT2D eigenvalue weighted by Gasteiger charge is -2.32. The average molecular weight is 520 g/mol. The quantitative estimate of drug-likeness (QED) is 0.262. The fourth-order valence-electron chi connectivity index (χ4n) is 5.90.